The standard InChI is InChI=1S/C17H28O4/c1-6-19-15-10-13(14(18)9-12(4)5)11-16(20-7-2)17(15)21-8-3/h10-12,14,18H,6-9H2,1-5H3. The van der Waals surface area contributed by atoms with Crippen LogP contribution in [0.2, 0.25) is 0 Å². The second kappa shape index (κ2) is 8.78. The zero-order valence-electron chi connectivity index (χ0n) is 13.8. The highest BCUT2D eigenvalue weighted by Crippen LogP contribution is 2.41. The van der Waals surface area contributed by atoms with Crippen molar-refractivity contribution in [2.45, 2.75) is 47.1 Å². The highest BCUT2D eigenvalue weighted by Gasteiger charge is 2.19. The molecule has 1 unspecified atom stereocenters. The Bertz CT molecular complexity index is 402. The maximum atomic E-state index is 10.3. The summed E-state index contributed by atoms with van der Waals surface area (Å²) in [4.78, 5) is 0. The van der Waals surface area contributed by atoms with Gasteiger partial charge in [-0.3, -0.25) is 0 Å². The first-order valence-corrected chi connectivity index (χ1v) is 7.77. The van der Waals surface area contributed by atoms with Crippen LogP contribution in [-0.4, -0.2) is 24.9 Å². The summed E-state index contributed by atoms with van der Waals surface area (Å²) in [6.07, 6.45) is 0.171. The van der Waals surface area contributed by atoms with Crippen LogP contribution in [0.1, 0.15) is 52.7 Å². The van der Waals surface area contributed by atoms with Crippen molar-refractivity contribution in [1.82, 2.24) is 0 Å². The third-order valence-electron chi connectivity index (χ3n) is 3.01. The lowest BCUT2D eigenvalue weighted by molar-refractivity contribution is 0.149. The Hall–Kier alpha value is -1.42. The monoisotopic (exact) mass is 296 g/mol. The average Bonchev–Trinajstić information content (AvgIpc) is 2.41. The first-order chi connectivity index (χ1) is 10.0. The largest absolute Gasteiger partial charge is 0.490 e. The highest BCUT2D eigenvalue weighted by atomic mass is 16.5. The van der Waals surface area contributed by atoms with Gasteiger partial charge >= 0.3 is 0 Å². The Balaban J connectivity index is 3.20. The Kier molecular flexibility index (Phi) is 7.37. The van der Waals surface area contributed by atoms with E-state index in [0.717, 1.165) is 5.56 Å². The second-order valence-corrected chi connectivity index (χ2v) is 5.29. The molecule has 0 aliphatic carbocycles. The van der Waals surface area contributed by atoms with E-state index in [1.807, 2.05) is 32.9 Å². The fraction of sp³-hybridized carbons (Fsp3) is 0.647. The molecule has 0 heterocycles. The van der Waals surface area contributed by atoms with Crippen LogP contribution in [0.25, 0.3) is 0 Å². The SMILES string of the molecule is CCOc1cc(C(O)CC(C)C)cc(OCC)c1OCC. The summed E-state index contributed by atoms with van der Waals surface area (Å²) in [5.74, 6) is 2.28. The van der Waals surface area contributed by atoms with Crippen LogP contribution in [-0.2, 0) is 0 Å². The zero-order valence-corrected chi connectivity index (χ0v) is 13.8. The minimum Gasteiger partial charge on any atom is -0.490 e. The molecular weight excluding hydrogens is 268 g/mol. The minimum atomic E-state index is -0.529. The van der Waals surface area contributed by atoms with Crippen molar-refractivity contribution < 1.29 is 19.3 Å². The molecule has 0 radical (unpaired) electrons. The molecule has 0 bridgehead atoms. The number of aliphatic hydroxyl groups is 1. The number of benzene rings is 1. The minimum absolute atomic E-state index is 0.414. The molecule has 0 aliphatic heterocycles. The van der Waals surface area contributed by atoms with Crippen LogP contribution in [0, 0.1) is 5.92 Å². The normalized spacial score (nSPS) is 12.3. The molecule has 0 fully saturated rings. The van der Waals surface area contributed by atoms with E-state index in [0.29, 0.717) is 49.4 Å². The van der Waals surface area contributed by atoms with E-state index in [-0.39, 0.29) is 0 Å². The molecule has 0 saturated carbocycles. The number of aliphatic hydroxyl groups excluding tert-OH is 1. The summed E-state index contributed by atoms with van der Waals surface area (Å²) in [5, 5.41) is 10.3. The van der Waals surface area contributed by atoms with Gasteiger partial charge in [0.15, 0.2) is 11.5 Å². The Morgan fingerprint density at radius 3 is 1.76 bits per heavy atom. The van der Waals surface area contributed by atoms with Crippen LogP contribution >= 0.6 is 0 Å². The third kappa shape index (κ3) is 5.12. The summed E-state index contributed by atoms with van der Waals surface area (Å²) < 4.78 is 17.0. The molecule has 1 N–H and O–H groups in total. The third-order valence-corrected chi connectivity index (χ3v) is 3.01. The van der Waals surface area contributed by atoms with Gasteiger partial charge in [0.25, 0.3) is 0 Å². The van der Waals surface area contributed by atoms with E-state index < -0.39 is 6.10 Å². The van der Waals surface area contributed by atoms with E-state index in [1.54, 1.807) is 0 Å². The van der Waals surface area contributed by atoms with Crippen LogP contribution in [0.15, 0.2) is 12.1 Å². The maximum absolute atomic E-state index is 10.3. The lowest BCUT2D eigenvalue weighted by atomic mass is 9.99. The van der Waals surface area contributed by atoms with Gasteiger partial charge in [0.2, 0.25) is 5.75 Å². The van der Waals surface area contributed by atoms with Gasteiger partial charge in [0.05, 0.1) is 25.9 Å². The van der Waals surface area contributed by atoms with Crippen molar-refractivity contribution >= 4 is 0 Å². The van der Waals surface area contributed by atoms with Gasteiger partial charge in [0.1, 0.15) is 0 Å². The van der Waals surface area contributed by atoms with Gasteiger partial charge in [-0.05, 0) is 50.8 Å². The van der Waals surface area contributed by atoms with Crippen molar-refractivity contribution in [2.75, 3.05) is 19.8 Å². The first kappa shape index (κ1) is 17.6. The van der Waals surface area contributed by atoms with E-state index in [4.69, 9.17) is 14.2 Å². The van der Waals surface area contributed by atoms with Gasteiger partial charge in [-0.15, -0.1) is 0 Å². The Labute approximate surface area is 128 Å². The molecule has 120 valence electrons. The number of rotatable bonds is 9. The molecule has 21 heavy (non-hydrogen) atoms. The van der Waals surface area contributed by atoms with Crippen LogP contribution in [0.5, 0.6) is 17.2 Å². The molecule has 0 amide bonds. The van der Waals surface area contributed by atoms with Gasteiger partial charge in [-0.1, -0.05) is 13.8 Å². The van der Waals surface area contributed by atoms with Gasteiger partial charge in [-0.2, -0.15) is 0 Å². The van der Waals surface area contributed by atoms with Crippen molar-refractivity contribution in [3.8, 4) is 17.2 Å². The first-order valence-electron chi connectivity index (χ1n) is 7.77. The summed E-state index contributed by atoms with van der Waals surface area (Å²) in [5.41, 5.74) is 0.805. The number of hydrogen-bond acceptors (Lipinski definition) is 4. The molecule has 1 aromatic rings. The van der Waals surface area contributed by atoms with E-state index in [2.05, 4.69) is 13.8 Å². The molecule has 1 atom stereocenters. The van der Waals surface area contributed by atoms with Crippen LogP contribution in [0.3, 0.4) is 0 Å². The molecule has 0 aromatic heterocycles. The fourth-order valence-corrected chi connectivity index (χ4v) is 2.18. The van der Waals surface area contributed by atoms with E-state index in [1.165, 1.54) is 0 Å². The average molecular weight is 296 g/mol. The van der Waals surface area contributed by atoms with Crippen molar-refractivity contribution in [1.29, 1.82) is 0 Å². The van der Waals surface area contributed by atoms with Crippen LogP contribution < -0.4 is 14.2 Å². The highest BCUT2D eigenvalue weighted by molar-refractivity contribution is 5.54. The van der Waals surface area contributed by atoms with E-state index in [9.17, 15) is 5.11 Å². The summed E-state index contributed by atoms with van der Waals surface area (Å²) in [6, 6.07) is 3.70. The quantitative estimate of drug-likeness (QED) is 0.749. The smallest absolute Gasteiger partial charge is 0.203 e. The summed E-state index contributed by atoms with van der Waals surface area (Å²) >= 11 is 0. The van der Waals surface area contributed by atoms with Crippen molar-refractivity contribution in [2.24, 2.45) is 5.92 Å². The molecule has 4 heteroatoms. The second-order valence-electron chi connectivity index (χ2n) is 5.29. The topological polar surface area (TPSA) is 47.9 Å². The number of ether oxygens (including phenoxy) is 3. The van der Waals surface area contributed by atoms with E-state index >= 15 is 0 Å². The predicted octanol–water partition coefficient (Wildman–Crippen LogP) is 3.96. The lowest BCUT2D eigenvalue weighted by Gasteiger charge is -2.20. The Morgan fingerprint density at radius 2 is 1.38 bits per heavy atom. The molecule has 0 saturated heterocycles. The molecule has 1 aromatic carbocycles. The zero-order chi connectivity index (χ0) is 15.8. The summed E-state index contributed by atoms with van der Waals surface area (Å²) in [7, 11) is 0. The van der Waals surface area contributed by atoms with Gasteiger partial charge < -0.3 is 19.3 Å². The molecule has 0 aliphatic rings. The predicted molar refractivity (Wildman–Crippen MR) is 84.4 cm³/mol. The maximum Gasteiger partial charge on any atom is 0.203 e. The summed E-state index contributed by atoms with van der Waals surface area (Å²) in [6.45, 7) is 11.6. The molecule has 0 spiro atoms. The van der Waals surface area contributed by atoms with Crippen molar-refractivity contribution in [3.63, 3.8) is 0 Å². The molecule has 1 rings (SSSR count). The molecule has 4 nitrogen and oxygen atoms in total. The van der Waals surface area contributed by atoms with Crippen LogP contribution in [0.4, 0.5) is 0 Å². The van der Waals surface area contributed by atoms with Gasteiger partial charge in [0, 0.05) is 0 Å². The molecular formula is C17H28O4. The van der Waals surface area contributed by atoms with Gasteiger partial charge in [-0.25, -0.2) is 0 Å². The van der Waals surface area contributed by atoms with Crippen molar-refractivity contribution in [3.05, 3.63) is 17.7 Å². The Morgan fingerprint density at radius 1 is 0.905 bits per heavy atom. The lowest BCUT2D eigenvalue weighted by Crippen LogP contribution is -2.07. The fourth-order valence-electron chi connectivity index (χ4n) is 2.18. The number of hydrogen-bond donors (Lipinski definition) is 1.